The normalized spacial score (nSPS) is 11.8. The Morgan fingerprint density at radius 2 is 2.03 bits per heavy atom. The fourth-order valence-electron chi connectivity index (χ4n) is 3.14. The van der Waals surface area contributed by atoms with Crippen LogP contribution in [0.5, 0.6) is 0 Å². The van der Waals surface area contributed by atoms with E-state index in [1.165, 1.54) is 30.0 Å². The number of anilines is 1. The topological polar surface area (TPSA) is 129 Å². The molecule has 0 aliphatic carbocycles. The molecule has 33 heavy (non-hydrogen) atoms. The minimum absolute atomic E-state index is 0.0254. The minimum Gasteiger partial charge on any atom is -0.467 e. The molecule has 4 aromatic rings. The van der Waals surface area contributed by atoms with Crippen molar-refractivity contribution in [2.24, 2.45) is 0 Å². The van der Waals surface area contributed by atoms with Gasteiger partial charge in [-0.25, -0.2) is 0 Å². The zero-order valence-corrected chi connectivity index (χ0v) is 18.7. The largest absolute Gasteiger partial charge is 0.467 e. The number of aryl methyl sites for hydroxylation is 1. The van der Waals surface area contributed by atoms with Gasteiger partial charge in [-0.1, -0.05) is 11.8 Å². The van der Waals surface area contributed by atoms with Gasteiger partial charge >= 0.3 is 0 Å². The summed E-state index contributed by atoms with van der Waals surface area (Å²) < 4.78 is 7.39. The van der Waals surface area contributed by atoms with Crippen molar-refractivity contribution in [1.82, 2.24) is 19.7 Å². The quantitative estimate of drug-likeness (QED) is 0.232. The van der Waals surface area contributed by atoms with Crippen molar-refractivity contribution in [3.8, 4) is 11.4 Å². The highest BCUT2D eigenvalue weighted by Crippen LogP contribution is 2.29. The number of rotatable bonds is 8. The summed E-state index contributed by atoms with van der Waals surface area (Å²) in [6, 6.07) is 11.7. The first kappa shape index (κ1) is 22.2. The molecule has 3 heterocycles. The van der Waals surface area contributed by atoms with Crippen LogP contribution in [0.3, 0.4) is 0 Å². The van der Waals surface area contributed by atoms with Crippen molar-refractivity contribution in [3.63, 3.8) is 0 Å². The Labute approximate surface area is 193 Å². The molecule has 0 saturated carbocycles. The zero-order chi connectivity index (χ0) is 23.4. The van der Waals surface area contributed by atoms with Crippen LogP contribution in [0.25, 0.3) is 11.4 Å². The van der Waals surface area contributed by atoms with Crippen molar-refractivity contribution in [1.29, 1.82) is 0 Å². The van der Waals surface area contributed by atoms with Crippen LogP contribution in [-0.2, 0) is 11.3 Å². The maximum Gasteiger partial charge on any atom is 0.269 e. The number of thioether (sulfide) groups is 1. The number of amides is 1. The maximum atomic E-state index is 12.8. The Hall–Kier alpha value is -3.99. The fourth-order valence-corrected chi connectivity index (χ4v) is 3.99. The first-order valence-corrected chi connectivity index (χ1v) is 10.9. The van der Waals surface area contributed by atoms with Gasteiger partial charge in [0, 0.05) is 35.8 Å². The van der Waals surface area contributed by atoms with Gasteiger partial charge in [-0.05, 0) is 49.7 Å². The first-order valence-electron chi connectivity index (χ1n) is 10.0. The number of benzene rings is 1. The van der Waals surface area contributed by atoms with E-state index in [1.807, 2.05) is 22.8 Å². The van der Waals surface area contributed by atoms with Gasteiger partial charge in [-0.3, -0.25) is 24.5 Å². The highest BCUT2D eigenvalue weighted by atomic mass is 32.2. The number of aromatic nitrogens is 4. The molecule has 0 aliphatic heterocycles. The summed E-state index contributed by atoms with van der Waals surface area (Å²) in [6.45, 7) is 3.87. The number of hydrogen-bond donors (Lipinski definition) is 1. The second kappa shape index (κ2) is 9.65. The molecule has 1 atom stereocenters. The number of non-ortho nitro benzene ring substituents is 1. The number of carbonyl (C=O) groups excluding carboxylic acids is 1. The number of pyridine rings is 1. The standard InChI is InChI=1S/C22H20N6O4S/c1-14-12-17(28(30)31)5-6-19(14)24-21(29)15(2)33-22-26-25-20(16-7-9-23-10-8-16)27(22)13-18-4-3-11-32-18/h3-12,15H,13H2,1-2H3,(H,24,29). The molecule has 0 radical (unpaired) electrons. The van der Waals surface area contributed by atoms with Gasteiger partial charge in [0.25, 0.3) is 5.69 Å². The lowest BCUT2D eigenvalue weighted by Crippen LogP contribution is -2.23. The van der Waals surface area contributed by atoms with Gasteiger partial charge in [-0.2, -0.15) is 0 Å². The number of nitro benzene ring substituents is 1. The van der Waals surface area contributed by atoms with Crippen molar-refractivity contribution in [2.75, 3.05) is 5.32 Å². The smallest absolute Gasteiger partial charge is 0.269 e. The van der Waals surface area contributed by atoms with E-state index in [0.717, 1.165) is 11.3 Å². The number of carbonyl (C=O) groups is 1. The predicted octanol–water partition coefficient (Wildman–Crippen LogP) is 4.32. The number of nitrogens with one attached hydrogen (secondary N) is 1. The molecular formula is C22H20N6O4S. The summed E-state index contributed by atoms with van der Waals surface area (Å²) >= 11 is 1.26. The van der Waals surface area contributed by atoms with Crippen LogP contribution in [0.4, 0.5) is 11.4 Å². The van der Waals surface area contributed by atoms with Crippen LogP contribution < -0.4 is 5.32 Å². The van der Waals surface area contributed by atoms with Gasteiger partial charge in [-0.15, -0.1) is 10.2 Å². The fraction of sp³-hybridized carbons (Fsp3) is 0.182. The van der Waals surface area contributed by atoms with Gasteiger partial charge in [0.2, 0.25) is 5.91 Å². The van der Waals surface area contributed by atoms with E-state index < -0.39 is 10.2 Å². The molecule has 168 valence electrons. The molecule has 0 aliphatic rings. The Morgan fingerprint density at radius 3 is 2.70 bits per heavy atom. The van der Waals surface area contributed by atoms with Gasteiger partial charge in [0.15, 0.2) is 11.0 Å². The molecule has 1 N–H and O–H groups in total. The third-order valence-electron chi connectivity index (χ3n) is 4.88. The molecule has 0 saturated heterocycles. The molecule has 4 rings (SSSR count). The van der Waals surface area contributed by atoms with E-state index in [9.17, 15) is 14.9 Å². The molecule has 10 nitrogen and oxygen atoms in total. The molecule has 0 fully saturated rings. The predicted molar refractivity (Wildman–Crippen MR) is 123 cm³/mol. The monoisotopic (exact) mass is 464 g/mol. The lowest BCUT2D eigenvalue weighted by atomic mass is 10.2. The van der Waals surface area contributed by atoms with Gasteiger partial charge < -0.3 is 9.73 Å². The number of nitrogens with zero attached hydrogens (tertiary/aromatic N) is 5. The van der Waals surface area contributed by atoms with E-state index in [-0.39, 0.29) is 11.6 Å². The van der Waals surface area contributed by atoms with Crippen LogP contribution in [-0.4, -0.2) is 35.8 Å². The molecule has 1 unspecified atom stereocenters. The molecule has 1 amide bonds. The highest BCUT2D eigenvalue weighted by Gasteiger charge is 2.22. The van der Waals surface area contributed by atoms with Crippen molar-refractivity contribution < 1.29 is 14.1 Å². The van der Waals surface area contributed by atoms with Crippen molar-refractivity contribution >= 4 is 29.0 Å². The molecule has 0 spiro atoms. The summed E-state index contributed by atoms with van der Waals surface area (Å²) in [5, 5.41) is 22.5. The average Bonchev–Trinajstić information content (AvgIpc) is 3.46. The Kier molecular flexibility index (Phi) is 6.50. The Bertz CT molecular complexity index is 1270. The number of nitro groups is 1. The minimum atomic E-state index is -0.510. The Morgan fingerprint density at radius 1 is 1.24 bits per heavy atom. The summed E-state index contributed by atoms with van der Waals surface area (Å²) in [5.74, 6) is 1.11. The second-order valence-electron chi connectivity index (χ2n) is 7.21. The second-order valence-corrected chi connectivity index (χ2v) is 8.52. The third kappa shape index (κ3) is 5.09. The molecule has 1 aromatic carbocycles. The van der Waals surface area contributed by atoms with Crippen LogP contribution in [0.1, 0.15) is 18.2 Å². The SMILES string of the molecule is Cc1cc([N+](=O)[O-])ccc1NC(=O)C(C)Sc1nnc(-c2ccncc2)n1Cc1ccco1. The van der Waals surface area contributed by atoms with Gasteiger partial charge in [0.05, 0.1) is 23.0 Å². The van der Waals surface area contributed by atoms with Crippen LogP contribution in [0.2, 0.25) is 0 Å². The van der Waals surface area contributed by atoms with Crippen LogP contribution in [0, 0.1) is 17.0 Å². The van der Waals surface area contributed by atoms with Gasteiger partial charge in [0.1, 0.15) is 5.76 Å². The first-order chi connectivity index (χ1) is 15.9. The summed E-state index contributed by atoms with van der Waals surface area (Å²) in [7, 11) is 0. The van der Waals surface area contributed by atoms with E-state index in [0.29, 0.717) is 28.8 Å². The van der Waals surface area contributed by atoms with Crippen LogP contribution in [0.15, 0.2) is 70.7 Å². The molecule has 0 bridgehead atoms. The molecule has 3 aromatic heterocycles. The number of hydrogen-bond acceptors (Lipinski definition) is 8. The molecular weight excluding hydrogens is 444 g/mol. The summed E-state index contributed by atoms with van der Waals surface area (Å²) in [5.41, 5.74) is 1.94. The zero-order valence-electron chi connectivity index (χ0n) is 17.8. The van der Waals surface area contributed by atoms with Crippen molar-refractivity contribution in [2.45, 2.75) is 30.8 Å². The van der Waals surface area contributed by atoms with E-state index in [1.54, 1.807) is 38.6 Å². The lowest BCUT2D eigenvalue weighted by Gasteiger charge is -2.14. The molecule has 11 heteroatoms. The number of furan rings is 1. The van der Waals surface area contributed by atoms with E-state index >= 15 is 0 Å². The maximum absolute atomic E-state index is 12.8. The van der Waals surface area contributed by atoms with Crippen LogP contribution >= 0.6 is 11.8 Å². The van der Waals surface area contributed by atoms with E-state index in [4.69, 9.17) is 4.42 Å². The summed E-state index contributed by atoms with van der Waals surface area (Å²) in [4.78, 5) is 27.4. The highest BCUT2D eigenvalue weighted by molar-refractivity contribution is 8.00. The average molecular weight is 465 g/mol. The third-order valence-corrected chi connectivity index (χ3v) is 5.96. The van der Waals surface area contributed by atoms with E-state index in [2.05, 4.69) is 20.5 Å². The Balaban J connectivity index is 1.55. The van der Waals surface area contributed by atoms with Crippen molar-refractivity contribution in [3.05, 3.63) is 82.6 Å². The summed E-state index contributed by atoms with van der Waals surface area (Å²) in [6.07, 6.45) is 4.95. The lowest BCUT2D eigenvalue weighted by molar-refractivity contribution is -0.384.